The Balaban J connectivity index is 2.22. The Morgan fingerprint density at radius 1 is 1.35 bits per heavy atom. The smallest absolute Gasteiger partial charge is 0.260 e. The monoisotopic (exact) mass is 314 g/mol. The predicted molar refractivity (Wildman–Crippen MR) is 75.7 cm³/mol. The zero-order valence-corrected chi connectivity index (χ0v) is 12.8. The van der Waals surface area contributed by atoms with E-state index in [0.717, 1.165) is 5.56 Å². The van der Waals surface area contributed by atoms with Crippen LogP contribution in [-0.4, -0.2) is 34.3 Å². The average Bonchev–Trinajstić information content (AvgIpc) is 2.84. The number of nitrogens with zero attached hydrogens (tertiary/aromatic N) is 4. The molecule has 0 N–H and O–H groups in total. The Morgan fingerprint density at radius 3 is 2.60 bits per heavy atom. The van der Waals surface area contributed by atoms with E-state index in [1.807, 2.05) is 7.05 Å². The van der Waals surface area contributed by atoms with Gasteiger partial charge in [0.1, 0.15) is 5.82 Å². The number of alkyl halides is 1. The third-order valence-electron chi connectivity index (χ3n) is 2.91. The van der Waals surface area contributed by atoms with Crippen LogP contribution in [-0.2, 0) is 29.5 Å². The summed E-state index contributed by atoms with van der Waals surface area (Å²) in [4.78, 5) is 8.06. The van der Waals surface area contributed by atoms with Crippen LogP contribution in [0, 0.1) is 0 Å². The van der Waals surface area contributed by atoms with Crippen molar-refractivity contribution in [1.82, 2.24) is 18.8 Å². The lowest BCUT2D eigenvalue weighted by Crippen LogP contribution is -2.28. The number of halogens is 1. The number of hydrogen-bond donors (Lipinski definition) is 0. The molecule has 8 heteroatoms. The first-order chi connectivity index (χ1) is 9.45. The number of aryl methyl sites for hydroxylation is 1. The predicted octanol–water partition coefficient (Wildman–Crippen LogP) is 1.37. The zero-order chi connectivity index (χ0) is 14.8. The lowest BCUT2D eigenvalue weighted by molar-refractivity contribution is 0.448. The summed E-state index contributed by atoms with van der Waals surface area (Å²) in [7, 11) is -0.314. The maximum atomic E-state index is 12.4. The van der Waals surface area contributed by atoms with E-state index in [0.29, 0.717) is 11.7 Å². The summed E-state index contributed by atoms with van der Waals surface area (Å²) in [5.41, 5.74) is 0.775. The van der Waals surface area contributed by atoms with Crippen LogP contribution in [0.1, 0.15) is 11.4 Å². The molecular weight excluding hydrogens is 300 g/mol. The van der Waals surface area contributed by atoms with Crippen molar-refractivity contribution in [2.45, 2.75) is 17.5 Å². The molecule has 0 amide bonds. The van der Waals surface area contributed by atoms with E-state index in [4.69, 9.17) is 11.6 Å². The molecule has 0 fully saturated rings. The van der Waals surface area contributed by atoms with E-state index >= 15 is 0 Å². The molecule has 0 saturated heterocycles. The van der Waals surface area contributed by atoms with Crippen molar-refractivity contribution in [3.05, 3.63) is 42.1 Å². The summed E-state index contributed by atoms with van der Waals surface area (Å²) < 4.78 is 27.7. The van der Waals surface area contributed by atoms with Crippen molar-refractivity contribution in [3.8, 4) is 0 Å². The van der Waals surface area contributed by atoms with Crippen LogP contribution in [0.25, 0.3) is 0 Å². The highest BCUT2D eigenvalue weighted by atomic mass is 35.5. The van der Waals surface area contributed by atoms with Crippen LogP contribution in [0.15, 0.2) is 35.7 Å². The van der Waals surface area contributed by atoms with E-state index in [1.165, 1.54) is 23.6 Å². The normalized spacial score (nSPS) is 12.0. The fraction of sp³-hybridized carbons (Fsp3) is 0.333. The third-order valence-corrected chi connectivity index (χ3v) is 4.94. The fourth-order valence-corrected chi connectivity index (χ4v) is 2.82. The quantitative estimate of drug-likeness (QED) is 0.782. The first-order valence-electron chi connectivity index (χ1n) is 5.88. The minimum atomic E-state index is -3.63. The molecule has 0 saturated carbocycles. The van der Waals surface area contributed by atoms with Gasteiger partial charge in [0.25, 0.3) is 10.0 Å². The van der Waals surface area contributed by atoms with Gasteiger partial charge in [0.2, 0.25) is 0 Å². The highest BCUT2D eigenvalue weighted by Crippen LogP contribution is 2.15. The molecule has 2 rings (SSSR count). The summed E-state index contributed by atoms with van der Waals surface area (Å²) in [5.74, 6) is 0.963. The Hall–Kier alpha value is -1.44. The van der Waals surface area contributed by atoms with Crippen LogP contribution in [0.5, 0.6) is 0 Å². The van der Waals surface area contributed by atoms with Crippen molar-refractivity contribution in [2.24, 2.45) is 7.05 Å². The topological polar surface area (TPSA) is 68.1 Å². The zero-order valence-electron chi connectivity index (χ0n) is 11.2. The van der Waals surface area contributed by atoms with Crippen molar-refractivity contribution in [2.75, 3.05) is 7.05 Å². The molecule has 2 heterocycles. The number of aromatic nitrogens is 3. The number of rotatable bonds is 5. The second-order valence-corrected chi connectivity index (χ2v) is 6.61. The fourth-order valence-electron chi connectivity index (χ4n) is 1.64. The second kappa shape index (κ2) is 5.90. The molecule has 0 spiro atoms. The van der Waals surface area contributed by atoms with Crippen LogP contribution >= 0.6 is 11.6 Å². The summed E-state index contributed by atoms with van der Waals surface area (Å²) in [6.45, 7) is 0.185. The van der Waals surface area contributed by atoms with Crippen LogP contribution in [0.4, 0.5) is 0 Å². The molecule has 0 aliphatic rings. The molecule has 0 radical (unpaired) electrons. The molecule has 108 valence electrons. The van der Waals surface area contributed by atoms with Gasteiger partial charge in [0.05, 0.1) is 6.54 Å². The Morgan fingerprint density at radius 2 is 2.10 bits per heavy atom. The second-order valence-electron chi connectivity index (χ2n) is 4.35. The molecule has 0 bridgehead atoms. The molecule has 2 aromatic rings. The van der Waals surface area contributed by atoms with E-state index in [9.17, 15) is 8.42 Å². The Labute approximate surface area is 123 Å². The van der Waals surface area contributed by atoms with Crippen molar-refractivity contribution < 1.29 is 8.42 Å². The highest BCUT2D eigenvalue weighted by molar-refractivity contribution is 7.89. The van der Waals surface area contributed by atoms with E-state index in [-0.39, 0.29) is 11.6 Å². The van der Waals surface area contributed by atoms with Gasteiger partial charge in [-0.3, -0.25) is 0 Å². The standard InChI is InChI=1S/C12H15ClN4O2S/c1-16-6-5-14-11(16)9-17(2)20(18,19)12-4-3-10(7-13)8-15-12/h3-6,8H,7,9H2,1-2H3. The molecule has 2 aromatic heterocycles. The van der Waals surface area contributed by atoms with E-state index < -0.39 is 10.0 Å². The molecular formula is C12H15ClN4O2S. The lowest BCUT2D eigenvalue weighted by atomic mass is 10.3. The minimum absolute atomic E-state index is 0.00285. The maximum absolute atomic E-state index is 12.4. The lowest BCUT2D eigenvalue weighted by Gasteiger charge is -2.16. The molecule has 0 atom stereocenters. The third kappa shape index (κ3) is 3.00. The number of sulfonamides is 1. The van der Waals surface area contributed by atoms with Crippen molar-refractivity contribution in [3.63, 3.8) is 0 Å². The SMILES string of the molecule is CN(Cc1nccn1C)S(=O)(=O)c1ccc(CCl)cn1. The maximum Gasteiger partial charge on any atom is 0.260 e. The summed E-state index contributed by atoms with van der Waals surface area (Å²) in [6, 6.07) is 3.11. The largest absolute Gasteiger partial charge is 0.337 e. The summed E-state index contributed by atoms with van der Waals surface area (Å²) in [5, 5.41) is 0.00285. The van der Waals surface area contributed by atoms with Gasteiger partial charge in [-0.1, -0.05) is 6.07 Å². The van der Waals surface area contributed by atoms with Gasteiger partial charge in [-0.15, -0.1) is 11.6 Å². The van der Waals surface area contributed by atoms with Gasteiger partial charge in [0.15, 0.2) is 5.03 Å². The molecule has 20 heavy (non-hydrogen) atoms. The van der Waals surface area contributed by atoms with E-state index in [1.54, 1.807) is 23.0 Å². The van der Waals surface area contributed by atoms with Crippen molar-refractivity contribution in [1.29, 1.82) is 0 Å². The highest BCUT2D eigenvalue weighted by Gasteiger charge is 2.23. The van der Waals surface area contributed by atoms with Gasteiger partial charge in [0, 0.05) is 38.6 Å². The van der Waals surface area contributed by atoms with Crippen LogP contribution in [0.2, 0.25) is 0 Å². The van der Waals surface area contributed by atoms with E-state index in [2.05, 4.69) is 9.97 Å². The Kier molecular flexibility index (Phi) is 4.42. The average molecular weight is 315 g/mol. The van der Waals surface area contributed by atoms with Gasteiger partial charge in [-0.2, -0.15) is 4.31 Å². The first kappa shape index (κ1) is 15.0. The molecule has 0 aromatic carbocycles. The molecule has 0 aliphatic heterocycles. The van der Waals surface area contributed by atoms with Gasteiger partial charge in [-0.05, 0) is 11.6 Å². The van der Waals surface area contributed by atoms with Gasteiger partial charge >= 0.3 is 0 Å². The molecule has 0 aliphatic carbocycles. The number of imidazole rings is 1. The number of pyridine rings is 1. The minimum Gasteiger partial charge on any atom is -0.337 e. The Bertz CT molecular complexity index is 682. The summed E-state index contributed by atoms with van der Waals surface area (Å²) >= 11 is 5.66. The van der Waals surface area contributed by atoms with Crippen LogP contribution in [0.3, 0.4) is 0 Å². The number of hydrogen-bond acceptors (Lipinski definition) is 4. The summed E-state index contributed by atoms with van der Waals surface area (Å²) in [6.07, 6.45) is 4.86. The first-order valence-corrected chi connectivity index (χ1v) is 7.86. The van der Waals surface area contributed by atoms with Gasteiger partial charge < -0.3 is 4.57 Å². The van der Waals surface area contributed by atoms with Crippen LogP contribution < -0.4 is 0 Å². The molecule has 6 nitrogen and oxygen atoms in total. The molecule has 0 unspecified atom stereocenters. The van der Waals surface area contributed by atoms with Gasteiger partial charge in [-0.25, -0.2) is 18.4 Å². The van der Waals surface area contributed by atoms with Crippen molar-refractivity contribution >= 4 is 21.6 Å².